The van der Waals surface area contributed by atoms with Gasteiger partial charge in [-0.25, -0.2) is 18.2 Å². The lowest BCUT2D eigenvalue weighted by molar-refractivity contribution is 0.0600. The van der Waals surface area contributed by atoms with Gasteiger partial charge in [-0.05, 0) is 43.0 Å². The van der Waals surface area contributed by atoms with E-state index in [-0.39, 0.29) is 4.90 Å². The van der Waals surface area contributed by atoms with E-state index in [0.717, 1.165) is 23.8 Å². The van der Waals surface area contributed by atoms with Crippen molar-refractivity contribution in [3.63, 3.8) is 0 Å². The molecule has 0 atom stereocenters. The fourth-order valence-electron chi connectivity index (χ4n) is 3.03. The molecule has 2 aromatic rings. The number of aryl methyl sites for hydroxylation is 1. The molecule has 3 rings (SSSR count). The zero-order valence-electron chi connectivity index (χ0n) is 15.4. The van der Waals surface area contributed by atoms with E-state index in [2.05, 4.69) is 9.72 Å². The van der Waals surface area contributed by atoms with Gasteiger partial charge in [-0.2, -0.15) is 4.31 Å². The van der Waals surface area contributed by atoms with Gasteiger partial charge in [-0.1, -0.05) is 11.8 Å². The molecule has 1 fully saturated rings. The van der Waals surface area contributed by atoms with E-state index >= 15 is 0 Å². The summed E-state index contributed by atoms with van der Waals surface area (Å²) >= 11 is 1.71. The quantitative estimate of drug-likeness (QED) is 0.538. The van der Waals surface area contributed by atoms with Crippen LogP contribution >= 0.6 is 11.8 Å². The first-order valence-corrected chi connectivity index (χ1v) is 11.1. The predicted octanol–water partition coefficient (Wildman–Crippen LogP) is 2.40. The number of methoxy groups -OCH3 is 1. The fraction of sp³-hybridized carbons (Fsp3) is 0.444. The predicted molar refractivity (Wildman–Crippen MR) is 103 cm³/mol. The van der Waals surface area contributed by atoms with Crippen LogP contribution in [0.15, 0.2) is 46.7 Å². The van der Waals surface area contributed by atoms with Gasteiger partial charge in [-0.15, -0.1) is 0 Å². The number of ether oxygens (including phenoxy) is 1. The number of esters is 1. The van der Waals surface area contributed by atoms with Crippen molar-refractivity contribution in [1.29, 1.82) is 0 Å². The first kappa shape index (κ1) is 19.9. The van der Waals surface area contributed by atoms with E-state index in [9.17, 15) is 13.2 Å². The summed E-state index contributed by atoms with van der Waals surface area (Å²) in [7, 11) is -0.278. The molecular formula is C18H23N3O4S2. The Kier molecular flexibility index (Phi) is 6.23. The van der Waals surface area contributed by atoms with Crippen molar-refractivity contribution >= 4 is 27.8 Å². The van der Waals surface area contributed by atoms with Gasteiger partial charge < -0.3 is 9.30 Å². The molecule has 2 heterocycles. The van der Waals surface area contributed by atoms with Crippen molar-refractivity contribution in [3.05, 3.63) is 42.2 Å². The second kappa shape index (κ2) is 8.45. The highest BCUT2D eigenvalue weighted by Crippen LogP contribution is 2.28. The first-order chi connectivity index (χ1) is 12.9. The lowest BCUT2D eigenvalue weighted by Gasteiger charge is -2.31. The van der Waals surface area contributed by atoms with Gasteiger partial charge in [0.25, 0.3) is 0 Å². The van der Waals surface area contributed by atoms with Crippen LogP contribution in [0.4, 0.5) is 0 Å². The number of piperidine rings is 1. The van der Waals surface area contributed by atoms with Crippen molar-refractivity contribution in [1.82, 2.24) is 13.9 Å². The Hall–Kier alpha value is -1.84. The zero-order chi connectivity index (χ0) is 19.4. The molecule has 146 valence electrons. The Morgan fingerprint density at radius 3 is 2.48 bits per heavy atom. The van der Waals surface area contributed by atoms with Gasteiger partial charge in [0.1, 0.15) is 0 Å². The summed E-state index contributed by atoms with van der Waals surface area (Å²) in [5.41, 5.74) is 0.335. The van der Waals surface area contributed by atoms with Gasteiger partial charge in [0.05, 0.1) is 17.6 Å². The van der Waals surface area contributed by atoms with Gasteiger partial charge >= 0.3 is 5.97 Å². The van der Waals surface area contributed by atoms with Crippen LogP contribution in [0.25, 0.3) is 0 Å². The Bertz CT molecular complexity index is 886. The number of sulfonamides is 1. The number of rotatable bonds is 6. The summed E-state index contributed by atoms with van der Waals surface area (Å²) in [6.45, 7) is 1.01. The molecule has 1 aliphatic rings. The summed E-state index contributed by atoms with van der Waals surface area (Å²) < 4.78 is 33.8. The third-order valence-electron chi connectivity index (χ3n) is 4.71. The zero-order valence-corrected chi connectivity index (χ0v) is 17.0. The van der Waals surface area contributed by atoms with Gasteiger partial charge in [0.15, 0.2) is 5.16 Å². The number of aromatic nitrogens is 2. The highest BCUT2D eigenvalue weighted by atomic mass is 32.2. The molecule has 0 radical (unpaired) electrons. The molecule has 0 N–H and O–H groups in total. The summed E-state index contributed by atoms with van der Waals surface area (Å²) in [6.07, 6.45) is 5.36. The van der Waals surface area contributed by atoms with Crippen LogP contribution in [0.5, 0.6) is 0 Å². The Labute approximate surface area is 163 Å². The number of nitrogens with zero attached hydrogens (tertiary/aromatic N) is 3. The van der Waals surface area contributed by atoms with Crippen molar-refractivity contribution < 1.29 is 17.9 Å². The van der Waals surface area contributed by atoms with Crippen LogP contribution in [0.3, 0.4) is 0 Å². The van der Waals surface area contributed by atoms with E-state index in [0.29, 0.717) is 24.6 Å². The monoisotopic (exact) mass is 409 g/mol. The number of thioether (sulfide) groups is 1. The molecule has 9 heteroatoms. The standard InChI is InChI=1S/C18H23N3O4S2/c1-20-12-9-19-18(20)26-13-14-7-10-21(11-8-14)27(23,24)16-5-3-15(4-6-16)17(22)25-2/h3-6,9,12,14H,7-8,10-11,13H2,1-2H3. The van der Waals surface area contributed by atoms with Crippen LogP contribution in [0, 0.1) is 5.92 Å². The highest BCUT2D eigenvalue weighted by molar-refractivity contribution is 7.99. The maximum Gasteiger partial charge on any atom is 0.337 e. The van der Waals surface area contributed by atoms with E-state index in [1.165, 1.54) is 35.7 Å². The lowest BCUT2D eigenvalue weighted by atomic mass is 10.0. The Morgan fingerprint density at radius 1 is 1.26 bits per heavy atom. The highest BCUT2D eigenvalue weighted by Gasteiger charge is 2.29. The van der Waals surface area contributed by atoms with Crippen LogP contribution in [-0.4, -0.2) is 54.2 Å². The van der Waals surface area contributed by atoms with E-state index in [1.54, 1.807) is 18.0 Å². The van der Waals surface area contributed by atoms with Crippen molar-refractivity contribution in [2.24, 2.45) is 13.0 Å². The molecule has 0 spiro atoms. The molecule has 1 aromatic heterocycles. The maximum atomic E-state index is 12.8. The molecule has 27 heavy (non-hydrogen) atoms. The summed E-state index contributed by atoms with van der Waals surface area (Å²) in [5.74, 6) is 0.928. The topological polar surface area (TPSA) is 81.5 Å². The number of hydrogen-bond acceptors (Lipinski definition) is 6. The number of carbonyl (C=O) groups is 1. The minimum Gasteiger partial charge on any atom is -0.465 e. The van der Waals surface area contributed by atoms with Crippen molar-refractivity contribution in [2.75, 3.05) is 26.0 Å². The SMILES string of the molecule is COC(=O)c1ccc(S(=O)(=O)N2CCC(CSc3nccn3C)CC2)cc1. The molecule has 0 bridgehead atoms. The lowest BCUT2D eigenvalue weighted by Crippen LogP contribution is -2.38. The minimum atomic E-state index is -3.54. The average molecular weight is 410 g/mol. The number of hydrogen-bond donors (Lipinski definition) is 0. The molecule has 1 saturated heterocycles. The largest absolute Gasteiger partial charge is 0.465 e. The van der Waals surface area contributed by atoms with Crippen LogP contribution in [-0.2, 0) is 21.8 Å². The summed E-state index contributed by atoms with van der Waals surface area (Å²) in [6, 6.07) is 5.89. The fourth-order valence-corrected chi connectivity index (χ4v) is 5.62. The summed E-state index contributed by atoms with van der Waals surface area (Å²) in [4.78, 5) is 16.0. The molecule has 0 aliphatic carbocycles. The normalized spacial score (nSPS) is 16.4. The van der Waals surface area contributed by atoms with Crippen molar-refractivity contribution in [2.45, 2.75) is 22.9 Å². The Morgan fingerprint density at radius 2 is 1.93 bits per heavy atom. The van der Waals surface area contributed by atoms with Gasteiger partial charge in [0.2, 0.25) is 10.0 Å². The second-order valence-electron chi connectivity index (χ2n) is 6.50. The van der Waals surface area contributed by atoms with Gasteiger partial charge in [-0.3, -0.25) is 0 Å². The smallest absolute Gasteiger partial charge is 0.337 e. The molecule has 0 amide bonds. The number of imidazole rings is 1. The molecule has 1 aliphatic heterocycles. The number of carbonyl (C=O) groups excluding carboxylic acids is 1. The van der Waals surface area contributed by atoms with Gasteiger partial charge in [0, 0.05) is 38.3 Å². The summed E-state index contributed by atoms with van der Waals surface area (Å²) in [5, 5.41) is 0.982. The van der Waals surface area contributed by atoms with Crippen LogP contribution < -0.4 is 0 Å². The van der Waals surface area contributed by atoms with Crippen molar-refractivity contribution in [3.8, 4) is 0 Å². The minimum absolute atomic E-state index is 0.205. The third-order valence-corrected chi connectivity index (χ3v) is 7.91. The molecule has 0 unspecified atom stereocenters. The first-order valence-electron chi connectivity index (χ1n) is 8.70. The average Bonchev–Trinajstić information content (AvgIpc) is 3.11. The molecule has 1 aromatic carbocycles. The molecule has 0 saturated carbocycles. The molecule has 7 nitrogen and oxygen atoms in total. The van der Waals surface area contributed by atoms with Crippen LogP contribution in [0.2, 0.25) is 0 Å². The number of benzene rings is 1. The maximum absolute atomic E-state index is 12.8. The third kappa shape index (κ3) is 4.53. The van der Waals surface area contributed by atoms with E-state index in [4.69, 9.17) is 0 Å². The second-order valence-corrected chi connectivity index (χ2v) is 9.42. The van der Waals surface area contributed by atoms with Crippen LogP contribution in [0.1, 0.15) is 23.2 Å². The molecular weight excluding hydrogens is 386 g/mol. The van der Waals surface area contributed by atoms with E-state index < -0.39 is 16.0 Å². The van der Waals surface area contributed by atoms with E-state index in [1.807, 2.05) is 17.8 Å². The Balaban J connectivity index is 1.57.